The van der Waals surface area contributed by atoms with E-state index in [4.69, 9.17) is 4.74 Å². The van der Waals surface area contributed by atoms with E-state index >= 15 is 0 Å². The second kappa shape index (κ2) is 3.85. The Morgan fingerprint density at radius 2 is 2.00 bits per heavy atom. The molecule has 1 saturated carbocycles. The summed E-state index contributed by atoms with van der Waals surface area (Å²) >= 11 is 0. The maximum absolute atomic E-state index is 12.5. The van der Waals surface area contributed by atoms with Crippen molar-refractivity contribution in [3.63, 3.8) is 0 Å². The lowest BCUT2D eigenvalue weighted by atomic mass is 9.63. The third-order valence-corrected chi connectivity index (χ3v) is 3.66. The lowest BCUT2D eigenvalue weighted by molar-refractivity contribution is -0.138. The number of halogens is 3. The van der Waals surface area contributed by atoms with Gasteiger partial charge in [0.1, 0.15) is 11.9 Å². The van der Waals surface area contributed by atoms with Crippen LogP contribution in [-0.2, 0) is 6.18 Å². The minimum Gasteiger partial charge on any atom is -0.489 e. The van der Waals surface area contributed by atoms with Gasteiger partial charge in [0.15, 0.2) is 0 Å². The molecular weight excluding hydrogens is 245 g/mol. The van der Waals surface area contributed by atoms with Crippen LogP contribution in [0.2, 0.25) is 0 Å². The van der Waals surface area contributed by atoms with Gasteiger partial charge < -0.3 is 10.1 Å². The van der Waals surface area contributed by atoms with E-state index in [1.807, 2.05) is 0 Å². The molecule has 98 valence electrons. The molecule has 0 radical (unpaired) electrons. The van der Waals surface area contributed by atoms with Crippen molar-refractivity contribution in [2.24, 2.45) is 5.41 Å². The van der Waals surface area contributed by atoms with E-state index in [9.17, 15) is 13.2 Å². The van der Waals surface area contributed by atoms with Crippen molar-refractivity contribution in [2.75, 3.05) is 13.1 Å². The Morgan fingerprint density at radius 1 is 1.28 bits per heavy atom. The number of rotatable bonds is 2. The number of nitrogens with one attached hydrogen (secondary N) is 1. The Kier molecular flexibility index (Phi) is 2.52. The highest BCUT2D eigenvalue weighted by Crippen LogP contribution is 2.45. The summed E-state index contributed by atoms with van der Waals surface area (Å²) in [4.78, 5) is 3.58. The summed E-state index contributed by atoms with van der Waals surface area (Å²) in [5.74, 6) is 0.206. The van der Waals surface area contributed by atoms with E-state index < -0.39 is 11.7 Å². The number of alkyl halides is 3. The molecule has 0 aromatic carbocycles. The molecule has 2 heterocycles. The van der Waals surface area contributed by atoms with E-state index in [1.54, 1.807) is 0 Å². The topological polar surface area (TPSA) is 34.1 Å². The monoisotopic (exact) mass is 258 g/mol. The number of pyridine rings is 1. The first-order chi connectivity index (χ1) is 8.47. The highest BCUT2D eigenvalue weighted by atomic mass is 19.4. The molecule has 1 aromatic rings. The Balaban J connectivity index is 1.63. The lowest BCUT2D eigenvalue weighted by Gasteiger charge is -2.53. The van der Waals surface area contributed by atoms with Gasteiger partial charge in [0.05, 0.1) is 11.8 Å². The van der Waals surface area contributed by atoms with Gasteiger partial charge in [-0.2, -0.15) is 13.2 Å². The smallest absolute Gasteiger partial charge is 0.418 e. The standard InChI is InChI=1S/C12H13F3N2O/c13-12(14,15)8-1-9(5-16-4-8)18-10-2-11(3-10)6-17-7-11/h1,4-5,10,17H,2-3,6-7H2. The van der Waals surface area contributed by atoms with Crippen molar-refractivity contribution in [3.8, 4) is 5.75 Å². The van der Waals surface area contributed by atoms with Crippen LogP contribution in [0.1, 0.15) is 18.4 Å². The number of hydrogen-bond donors (Lipinski definition) is 1. The molecule has 1 spiro atoms. The summed E-state index contributed by atoms with van der Waals surface area (Å²) in [6.07, 6.45) is -0.376. The first kappa shape index (κ1) is 11.8. The molecule has 1 aromatic heterocycles. The first-order valence-corrected chi connectivity index (χ1v) is 5.87. The van der Waals surface area contributed by atoms with Gasteiger partial charge >= 0.3 is 6.18 Å². The van der Waals surface area contributed by atoms with E-state index in [2.05, 4.69) is 10.3 Å². The van der Waals surface area contributed by atoms with Gasteiger partial charge in [-0.3, -0.25) is 4.98 Å². The highest BCUT2D eigenvalue weighted by Gasteiger charge is 2.49. The summed E-state index contributed by atoms with van der Waals surface area (Å²) < 4.78 is 43.0. The summed E-state index contributed by atoms with van der Waals surface area (Å²) in [5, 5.41) is 3.20. The predicted molar refractivity (Wildman–Crippen MR) is 58.2 cm³/mol. The van der Waals surface area contributed by atoms with Crippen molar-refractivity contribution >= 4 is 0 Å². The second-order valence-corrected chi connectivity index (χ2v) is 5.16. The molecule has 3 nitrogen and oxygen atoms in total. The van der Waals surface area contributed by atoms with Gasteiger partial charge in [-0.05, 0) is 18.9 Å². The molecule has 6 heteroatoms. The lowest BCUT2D eigenvalue weighted by Crippen LogP contribution is -2.62. The number of hydrogen-bond acceptors (Lipinski definition) is 3. The maximum Gasteiger partial charge on any atom is 0.418 e. The van der Waals surface area contributed by atoms with E-state index in [1.165, 1.54) is 6.20 Å². The van der Waals surface area contributed by atoms with Crippen LogP contribution < -0.4 is 10.1 Å². The number of nitrogens with zero attached hydrogens (tertiary/aromatic N) is 1. The molecule has 1 aliphatic carbocycles. The van der Waals surface area contributed by atoms with Crippen LogP contribution in [0, 0.1) is 5.41 Å². The van der Waals surface area contributed by atoms with E-state index in [-0.39, 0.29) is 11.9 Å². The van der Waals surface area contributed by atoms with Crippen LogP contribution in [0.3, 0.4) is 0 Å². The molecule has 2 aliphatic rings. The summed E-state index contributed by atoms with van der Waals surface area (Å²) in [5.41, 5.74) is -0.418. The Bertz CT molecular complexity index is 449. The molecule has 1 saturated heterocycles. The molecule has 0 atom stereocenters. The van der Waals surface area contributed by atoms with Crippen molar-refractivity contribution in [3.05, 3.63) is 24.0 Å². The van der Waals surface area contributed by atoms with Crippen LogP contribution in [-0.4, -0.2) is 24.2 Å². The van der Waals surface area contributed by atoms with E-state index in [0.29, 0.717) is 5.41 Å². The number of ether oxygens (including phenoxy) is 1. The van der Waals surface area contributed by atoms with Gasteiger partial charge in [-0.1, -0.05) is 0 Å². The van der Waals surface area contributed by atoms with Gasteiger partial charge in [0.25, 0.3) is 0 Å². The van der Waals surface area contributed by atoms with Crippen LogP contribution in [0.15, 0.2) is 18.5 Å². The molecule has 1 aliphatic heterocycles. The van der Waals surface area contributed by atoms with Crippen molar-refractivity contribution < 1.29 is 17.9 Å². The predicted octanol–water partition coefficient (Wildman–Crippen LogP) is 2.23. The summed E-state index contributed by atoms with van der Waals surface area (Å²) in [6, 6.07) is 1.01. The minimum absolute atomic E-state index is 0.0254. The summed E-state index contributed by atoms with van der Waals surface area (Å²) in [6.45, 7) is 1.99. The van der Waals surface area contributed by atoms with Gasteiger partial charge in [0.2, 0.25) is 0 Å². The van der Waals surface area contributed by atoms with Crippen molar-refractivity contribution in [2.45, 2.75) is 25.1 Å². The minimum atomic E-state index is -4.37. The maximum atomic E-state index is 12.5. The fraction of sp³-hybridized carbons (Fsp3) is 0.583. The molecule has 0 amide bonds. The molecule has 18 heavy (non-hydrogen) atoms. The second-order valence-electron chi connectivity index (χ2n) is 5.16. The van der Waals surface area contributed by atoms with Crippen LogP contribution in [0.25, 0.3) is 0 Å². The largest absolute Gasteiger partial charge is 0.489 e. The van der Waals surface area contributed by atoms with E-state index in [0.717, 1.165) is 38.2 Å². The average Bonchev–Trinajstić information content (AvgIpc) is 2.19. The molecular formula is C12H13F3N2O. The molecule has 1 N–H and O–H groups in total. The third-order valence-electron chi connectivity index (χ3n) is 3.66. The molecule has 3 rings (SSSR count). The fourth-order valence-electron chi connectivity index (χ4n) is 2.59. The van der Waals surface area contributed by atoms with Crippen LogP contribution in [0.4, 0.5) is 13.2 Å². The Labute approximate surface area is 102 Å². The van der Waals surface area contributed by atoms with Gasteiger partial charge in [0, 0.05) is 24.7 Å². The quantitative estimate of drug-likeness (QED) is 0.883. The zero-order chi connectivity index (χ0) is 12.8. The normalized spacial score (nSPS) is 22.4. The van der Waals surface area contributed by atoms with Crippen LogP contribution in [0.5, 0.6) is 5.75 Å². The fourth-order valence-corrected chi connectivity index (χ4v) is 2.59. The molecule has 2 fully saturated rings. The third kappa shape index (κ3) is 2.05. The summed E-state index contributed by atoms with van der Waals surface area (Å²) in [7, 11) is 0. The van der Waals surface area contributed by atoms with Crippen molar-refractivity contribution in [1.82, 2.24) is 10.3 Å². The van der Waals surface area contributed by atoms with Crippen LogP contribution >= 0.6 is 0 Å². The van der Waals surface area contributed by atoms with Gasteiger partial charge in [-0.25, -0.2) is 0 Å². The first-order valence-electron chi connectivity index (χ1n) is 5.87. The Morgan fingerprint density at radius 3 is 2.56 bits per heavy atom. The number of aromatic nitrogens is 1. The average molecular weight is 258 g/mol. The SMILES string of the molecule is FC(F)(F)c1cncc(OC2CC3(CNC3)C2)c1. The molecule has 0 bridgehead atoms. The van der Waals surface area contributed by atoms with Crippen molar-refractivity contribution in [1.29, 1.82) is 0 Å². The molecule has 0 unspecified atom stereocenters. The van der Waals surface area contributed by atoms with Gasteiger partial charge in [-0.15, -0.1) is 0 Å². The zero-order valence-corrected chi connectivity index (χ0v) is 9.63. The Hall–Kier alpha value is -1.30. The highest BCUT2D eigenvalue weighted by molar-refractivity contribution is 5.26. The zero-order valence-electron chi connectivity index (χ0n) is 9.63.